The number of rotatable bonds is 6. The molecule has 148 valence electrons. The molecule has 0 radical (unpaired) electrons. The lowest BCUT2D eigenvalue weighted by Crippen LogP contribution is -2.27. The van der Waals surface area contributed by atoms with Gasteiger partial charge in [-0.05, 0) is 36.8 Å². The quantitative estimate of drug-likeness (QED) is 0.769. The second-order valence-electron chi connectivity index (χ2n) is 6.01. The summed E-state index contributed by atoms with van der Waals surface area (Å²) in [6, 6.07) is 8.74. The first-order valence-electron chi connectivity index (χ1n) is 8.43. The summed E-state index contributed by atoms with van der Waals surface area (Å²) in [6.45, 7) is -2.54. The second kappa shape index (κ2) is 8.43. The molecule has 3 rings (SSSR count). The van der Waals surface area contributed by atoms with E-state index in [0.717, 1.165) is 0 Å². The zero-order chi connectivity index (χ0) is 20.3. The van der Waals surface area contributed by atoms with Crippen LogP contribution in [0.15, 0.2) is 36.4 Å². The van der Waals surface area contributed by atoms with Crippen molar-refractivity contribution in [2.75, 3.05) is 23.9 Å². The highest BCUT2D eigenvalue weighted by Gasteiger charge is 2.26. The molecule has 1 N–H and O–H groups in total. The molecule has 0 atom stereocenters. The first-order valence-corrected chi connectivity index (χ1v) is 8.81. The number of nitrogens with one attached hydrogen (secondary N) is 1. The summed E-state index contributed by atoms with van der Waals surface area (Å²) in [4.78, 5) is 26.4. The average Bonchev–Trinajstić information content (AvgIpc) is 3.07. The van der Waals surface area contributed by atoms with Gasteiger partial charge in [0.1, 0.15) is 0 Å². The molecule has 9 heteroatoms. The van der Waals surface area contributed by atoms with E-state index in [4.69, 9.17) is 16.3 Å². The maximum Gasteiger partial charge on any atom is 0.387 e. The minimum Gasteiger partial charge on any atom is -0.493 e. The van der Waals surface area contributed by atoms with Crippen LogP contribution in [0.25, 0.3) is 0 Å². The Morgan fingerprint density at radius 2 is 2.00 bits per heavy atom. The van der Waals surface area contributed by atoms with Crippen molar-refractivity contribution < 1.29 is 27.8 Å². The Kier molecular flexibility index (Phi) is 5.99. The van der Waals surface area contributed by atoms with Gasteiger partial charge in [-0.3, -0.25) is 9.59 Å². The number of halogens is 3. The predicted molar refractivity (Wildman–Crippen MR) is 101 cm³/mol. The summed E-state index contributed by atoms with van der Waals surface area (Å²) in [6.07, 6.45) is 1.10. The van der Waals surface area contributed by atoms with Crippen molar-refractivity contribution in [1.82, 2.24) is 0 Å². The number of anilines is 2. The third-order valence-electron chi connectivity index (χ3n) is 4.21. The fourth-order valence-electron chi connectivity index (χ4n) is 2.96. The molecule has 0 aromatic heterocycles. The number of amides is 2. The molecule has 0 aliphatic carbocycles. The Labute approximate surface area is 165 Å². The Morgan fingerprint density at radius 1 is 1.21 bits per heavy atom. The van der Waals surface area contributed by atoms with Gasteiger partial charge in [0.15, 0.2) is 11.5 Å². The van der Waals surface area contributed by atoms with E-state index in [9.17, 15) is 18.4 Å². The van der Waals surface area contributed by atoms with Gasteiger partial charge in [-0.2, -0.15) is 8.78 Å². The summed E-state index contributed by atoms with van der Waals surface area (Å²) in [5.74, 6) is -0.706. The van der Waals surface area contributed by atoms with Crippen molar-refractivity contribution >= 4 is 34.8 Å². The van der Waals surface area contributed by atoms with Crippen molar-refractivity contribution in [3.05, 3.63) is 47.0 Å². The molecule has 1 saturated heterocycles. The monoisotopic (exact) mass is 410 g/mol. The Balaban J connectivity index is 1.88. The molecule has 0 unspecified atom stereocenters. The van der Waals surface area contributed by atoms with Crippen LogP contribution in [-0.2, 0) is 4.79 Å². The summed E-state index contributed by atoms with van der Waals surface area (Å²) < 4.78 is 34.6. The topological polar surface area (TPSA) is 67.9 Å². The first-order chi connectivity index (χ1) is 13.4. The number of alkyl halides is 2. The molecule has 2 amide bonds. The second-order valence-corrected chi connectivity index (χ2v) is 6.45. The number of hydrogen-bond donors (Lipinski definition) is 1. The molecule has 1 heterocycles. The van der Waals surface area contributed by atoms with E-state index in [1.54, 1.807) is 12.1 Å². The fourth-order valence-corrected chi connectivity index (χ4v) is 3.13. The summed E-state index contributed by atoms with van der Waals surface area (Å²) in [5.41, 5.74) is 0.881. The van der Waals surface area contributed by atoms with Crippen molar-refractivity contribution in [3.63, 3.8) is 0 Å². The summed E-state index contributed by atoms with van der Waals surface area (Å²) in [7, 11) is 1.32. The molecule has 28 heavy (non-hydrogen) atoms. The molecule has 1 aliphatic rings. The van der Waals surface area contributed by atoms with Crippen LogP contribution >= 0.6 is 11.6 Å². The van der Waals surface area contributed by atoms with Gasteiger partial charge in [0, 0.05) is 29.7 Å². The molecular weight excluding hydrogens is 394 g/mol. The third kappa shape index (κ3) is 4.33. The van der Waals surface area contributed by atoms with Crippen LogP contribution in [0.4, 0.5) is 20.2 Å². The first kappa shape index (κ1) is 19.9. The van der Waals surface area contributed by atoms with Gasteiger partial charge < -0.3 is 19.7 Å². The van der Waals surface area contributed by atoms with Gasteiger partial charge in [0.05, 0.1) is 18.4 Å². The lowest BCUT2D eigenvalue weighted by Gasteiger charge is -2.20. The van der Waals surface area contributed by atoms with E-state index >= 15 is 0 Å². The van der Waals surface area contributed by atoms with E-state index in [0.29, 0.717) is 30.1 Å². The smallest absolute Gasteiger partial charge is 0.387 e. The van der Waals surface area contributed by atoms with Crippen molar-refractivity contribution in [3.8, 4) is 11.5 Å². The molecule has 2 aromatic carbocycles. The van der Waals surface area contributed by atoms with Crippen LogP contribution in [0.1, 0.15) is 23.2 Å². The summed E-state index contributed by atoms with van der Waals surface area (Å²) in [5, 5.41) is 3.01. The number of methoxy groups -OCH3 is 1. The maximum absolute atomic E-state index is 12.8. The van der Waals surface area contributed by atoms with E-state index in [2.05, 4.69) is 10.1 Å². The fraction of sp³-hybridized carbons (Fsp3) is 0.263. The highest BCUT2D eigenvalue weighted by Crippen LogP contribution is 2.33. The normalized spacial score (nSPS) is 13.8. The van der Waals surface area contributed by atoms with Crippen molar-refractivity contribution in [2.45, 2.75) is 19.5 Å². The van der Waals surface area contributed by atoms with Crippen LogP contribution < -0.4 is 19.7 Å². The molecule has 0 saturated carbocycles. The Morgan fingerprint density at radius 3 is 2.64 bits per heavy atom. The maximum atomic E-state index is 12.8. The molecule has 2 aromatic rings. The van der Waals surface area contributed by atoms with Gasteiger partial charge in [-0.15, -0.1) is 0 Å². The molecule has 0 spiro atoms. The molecular formula is C19H17ClF2N2O4. The van der Waals surface area contributed by atoms with Gasteiger partial charge in [0.2, 0.25) is 5.91 Å². The lowest BCUT2D eigenvalue weighted by molar-refractivity contribution is -0.117. The molecule has 1 fully saturated rings. The van der Waals surface area contributed by atoms with E-state index in [-0.39, 0.29) is 28.7 Å². The van der Waals surface area contributed by atoms with Crippen LogP contribution in [0, 0.1) is 0 Å². The number of ether oxygens (including phenoxy) is 2. The Hall–Kier alpha value is -2.87. The predicted octanol–water partition coefficient (Wildman–Crippen LogP) is 4.33. The minimum absolute atomic E-state index is 0.0895. The van der Waals surface area contributed by atoms with Gasteiger partial charge in [-0.1, -0.05) is 11.6 Å². The molecule has 6 nitrogen and oxygen atoms in total. The number of benzene rings is 2. The van der Waals surface area contributed by atoms with E-state index < -0.39 is 12.5 Å². The SMILES string of the molecule is COc1ccc(NC(=O)c2ccc(Cl)cc2N2CCCC2=O)cc1OC(F)F. The highest BCUT2D eigenvalue weighted by molar-refractivity contribution is 6.31. The van der Waals surface area contributed by atoms with Crippen molar-refractivity contribution in [2.24, 2.45) is 0 Å². The zero-order valence-electron chi connectivity index (χ0n) is 14.9. The largest absolute Gasteiger partial charge is 0.493 e. The van der Waals surface area contributed by atoms with Gasteiger partial charge in [0.25, 0.3) is 5.91 Å². The minimum atomic E-state index is -3.04. The lowest BCUT2D eigenvalue weighted by atomic mass is 10.1. The van der Waals surface area contributed by atoms with Crippen LogP contribution in [-0.4, -0.2) is 32.1 Å². The number of nitrogens with zero attached hydrogens (tertiary/aromatic N) is 1. The number of hydrogen-bond acceptors (Lipinski definition) is 4. The number of carbonyl (C=O) groups excluding carboxylic acids is 2. The molecule has 1 aliphatic heterocycles. The van der Waals surface area contributed by atoms with Gasteiger partial charge in [-0.25, -0.2) is 0 Å². The third-order valence-corrected chi connectivity index (χ3v) is 4.44. The van der Waals surface area contributed by atoms with Crippen LogP contribution in [0.2, 0.25) is 5.02 Å². The molecule has 0 bridgehead atoms. The zero-order valence-corrected chi connectivity index (χ0v) is 15.6. The Bertz CT molecular complexity index is 907. The van der Waals surface area contributed by atoms with E-state index in [1.807, 2.05) is 0 Å². The summed E-state index contributed by atoms with van der Waals surface area (Å²) >= 11 is 6.04. The van der Waals surface area contributed by atoms with Crippen molar-refractivity contribution in [1.29, 1.82) is 0 Å². The van der Waals surface area contributed by atoms with Crippen LogP contribution in [0.5, 0.6) is 11.5 Å². The average molecular weight is 411 g/mol. The van der Waals surface area contributed by atoms with E-state index in [1.165, 1.54) is 36.3 Å². The van der Waals surface area contributed by atoms with Gasteiger partial charge >= 0.3 is 6.61 Å². The standard InChI is InChI=1S/C19H17ClF2N2O4/c1-27-15-7-5-12(10-16(15)28-19(21)22)23-18(26)13-6-4-11(20)9-14(13)24-8-2-3-17(24)25/h4-7,9-10,19H,2-3,8H2,1H3,(H,23,26). The van der Waals surface area contributed by atoms with Crippen LogP contribution in [0.3, 0.4) is 0 Å². The number of carbonyl (C=O) groups is 2. The highest BCUT2D eigenvalue weighted by atomic mass is 35.5.